The van der Waals surface area contributed by atoms with Gasteiger partial charge in [0.1, 0.15) is 5.82 Å². The molecule has 2 aliphatic rings. The van der Waals surface area contributed by atoms with Crippen molar-refractivity contribution in [3.05, 3.63) is 24.0 Å². The summed E-state index contributed by atoms with van der Waals surface area (Å²) in [4.78, 5) is 4.76. The summed E-state index contributed by atoms with van der Waals surface area (Å²) < 4.78 is 2.35. The molecule has 18 heavy (non-hydrogen) atoms. The number of aromatic nitrogens is 2. The van der Waals surface area contributed by atoms with Crippen molar-refractivity contribution in [3.8, 4) is 0 Å². The fraction of sp³-hybridized carbons (Fsp3) is 0.500. The van der Waals surface area contributed by atoms with Gasteiger partial charge in [-0.2, -0.15) is 0 Å². The van der Waals surface area contributed by atoms with E-state index in [2.05, 4.69) is 10.6 Å². The second-order valence-corrected chi connectivity index (χ2v) is 5.64. The molecule has 1 aromatic heterocycles. The minimum Gasteiger partial charge on any atom is -0.399 e. The van der Waals surface area contributed by atoms with E-state index in [9.17, 15) is 5.11 Å². The molecule has 0 spiro atoms. The smallest absolute Gasteiger partial charge is 0.113 e. The van der Waals surface area contributed by atoms with Crippen LogP contribution >= 0.6 is 0 Å². The number of aliphatic hydroxyl groups excluding tert-OH is 1. The van der Waals surface area contributed by atoms with Crippen LogP contribution in [0.5, 0.6) is 0 Å². The topological polar surface area (TPSA) is 64.1 Å². The summed E-state index contributed by atoms with van der Waals surface area (Å²) in [5.74, 6) is 1.82. The maximum absolute atomic E-state index is 9.52. The number of nitrogens with two attached hydrogens (primary N) is 1. The predicted octanol–water partition coefficient (Wildman–Crippen LogP) is 2.19. The number of imidazole rings is 1. The first kappa shape index (κ1) is 10.4. The van der Waals surface area contributed by atoms with Gasteiger partial charge in [0.25, 0.3) is 0 Å². The fourth-order valence-corrected chi connectivity index (χ4v) is 2.92. The van der Waals surface area contributed by atoms with Gasteiger partial charge < -0.3 is 15.4 Å². The van der Waals surface area contributed by atoms with Gasteiger partial charge in [-0.05, 0) is 43.9 Å². The first-order valence-corrected chi connectivity index (χ1v) is 6.68. The molecule has 0 atom stereocenters. The summed E-state index contributed by atoms with van der Waals surface area (Å²) in [6.45, 7) is 0. The third-order valence-electron chi connectivity index (χ3n) is 4.14. The van der Waals surface area contributed by atoms with Crippen molar-refractivity contribution < 1.29 is 5.11 Å². The Hall–Kier alpha value is -1.55. The lowest BCUT2D eigenvalue weighted by Gasteiger charge is -2.34. The first-order chi connectivity index (χ1) is 8.72. The van der Waals surface area contributed by atoms with E-state index in [4.69, 9.17) is 10.7 Å². The lowest BCUT2D eigenvalue weighted by atomic mass is 9.89. The highest BCUT2D eigenvalue weighted by molar-refractivity contribution is 5.80. The Balaban J connectivity index is 1.88. The SMILES string of the molecule is Nc1ccc2c(c1)nc(C1CC1)n2C1CC(O)C1. The largest absolute Gasteiger partial charge is 0.399 e. The van der Waals surface area contributed by atoms with Gasteiger partial charge in [0.15, 0.2) is 0 Å². The van der Waals surface area contributed by atoms with Gasteiger partial charge in [0.05, 0.1) is 17.1 Å². The van der Waals surface area contributed by atoms with Gasteiger partial charge in [-0.3, -0.25) is 0 Å². The number of fused-ring (bicyclic) bond motifs is 1. The number of rotatable bonds is 2. The van der Waals surface area contributed by atoms with Crippen molar-refractivity contribution >= 4 is 16.7 Å². The zero-order chi connectivity index (χ0) is 12.3. The highest BCUT2D eigenvalue weighted by atomic mass is 16.3. The Morgan fingerprint density at radius 2 is 2.06 bits per heavy atom. The van der Waals surface area contributed by atoms with Crippen molar-refractivity contribution in [1.82, 2.24) is 9.55 Å². The van der Waals surface area contributed by atoms with E-state index in [0.29, 0.717) is 12.0 Å². The van der Waals surface area contributed by atoms with E-state index < -0.39 is 0 Å². The summed E-state index contributed by atoms with van der Waals surface area (Å²) in [6.07, 6.45) is 4.07. The Kier molecular flexibility index (Phi) is 2.01. The number of hydrogen-bond donors (Lipinski definition) is 2. The van der Waals surface area contributed by atoms with Crippen LogP contribution in [0, 0.1) is 0 Å². The molecule has 2 aliphatic carbocycles. The maximum Gasteiger partial charge on any atom is 0.113 e. The molecule has 2 fully saturated rings. The zero-order valence-corrected chi connectivity index (χ0v) is 10.2. The second kappa shape index (κ2) is 3.48. The minimum absolute atomic E-state index is 0.131. The Morgan fingerprint density at radius 3 is 2.72 bits per heavy atom. The number of benzene rings is 1. The summed E-state index contributed by atoms with van der Waals surface area (Å²) in [5, 5.41) is 9.52. The van der Waals surface area contributed by atoms with Crippen LogP contribution in [-0.2, 0) is 0 Å². The van der Waals surface area contributed by atoms with Crippen molar-refractivity contribution in [3.63, 3.8) is 0 Å². The van der Waals surface area contributed by atoms with Crippen molar-refractivity contribution in [2.45, 2.75) is 43.7 Å². The monoisotopic (exact) mass is 243 g/mol. The Morgan fingerprint density at radius 1 is 1.28 bits per heavy atom. The van der Waals surface area contributed by atoms with Gasteiger partial charge in [-0.15, -0.1) is 0 Å². The normalized spacial score (nSPS) is 27.4. The van der Waals surface area contributed by atoms with Crippen LogP contribution in [0.1, 0.15) is 43.5 Å². The fourth-order valence-electron chi connectivity index (χ4n) is 2.92. The highest BCUT2D eigenvalue weighted by Crippen LogP contribution is 2.45. The van der Waals surface area contributed by atoms with Crippen molar-refractivity contribution in [1.29, 1.82) is 0 Å². The molecule has 4 rings (SSSR count). The highest BCUT2D eigenvalue weighted by Gasteiger charge is 2.36. The van der Waals surface area contributed by atoms with E-state index >= 15 is 0 Å². The van der Waals surface area contributed by atoms with Crippen LogP contribution in [0.25, 0.3) is 11.0 Å². The van der Waals surface area contributed by atoms with Crippen LogP contribution in [-0.4, -0.2) is 20.8 Å². The molecule has 0 saturated heterocycles. The van der Waals surface area contributed by atoms with Gasteiger partial charge in [-0.25, -0.2) is 4.98 Å². The molecule has 0 bridgehead atoms. The lowest BCUT2D eigenvalue weighted by molar-refractivity contribution is 0.0490. The number of hydrogen-bond acceptors (Lipinski definition) is 3. The van der Waals surface area contributed by atoms with E-state index in [1.165, 1.54) is 24.2 Å². The summed E-state index contributed by atoms with van der Waals surface area (Å²) in [5.41, 5.74) is 8.76. The average molecular weight is 243 g/mol. The standard InChI is InChI=1S/C14H17N3O/c15-9-3-4-13-12(5-9)16-14(8-1-2-8)17(13)10-6-11(18)7-10/h3-5,8,10-11,18H,1-2,6-7,15H2. The molecule has 2 aromatic rings. The second-order valence-electron chi connectivity index (χ2n) is 5.64. The zero-order valence-electron chi connectivity index (χ0n) is 10.2. The summed E-state index contributed by atoms with van der Waals surface area (Å²) >= 11 is 0. The van der Waals surface area contributed by atoms with Crippen LogP contribution in [0.15, 0.2) is 18.2 Å². The molecular weight excluding hydrogens is 226 g/mol. The third-order valence-corrected chi connectivity index (χ3v) is 4.14. The molecule has 0 unspecified atom stereocenters. The average Bonchev–Trinajstić information content (AvgIpc) is 3.07. The first-order valence-electron chi connectivity index (χ1n) is 6.68. The van der Waals surface area contributed by atoms with E-state index in [0.717, 1.165) is 24.0 Å². The van der Waals surface area contributed by atoms with E-state index in [-0.39, 0.29) is 6.10 Å². The third kappa shape index (κ3) is 1.45. The van der Waals surface area contributed by atoms with Crippen molar-refractivity contribution in [2.24, 2.45) is 0 Å². The molecule has 94 valence electrons. The lowest BCUT2D eigenvalue weighted by Crippen LogP contribution is -2.31. The molecular formula is C14H17N3O. The van der Waals surface area contributed by atoms with Gasteiger partial charge >= 0.3 is 0 Å². The van der Waals surface area contributed by atoms with Gasteiger partial charge in [-0.1, -0.05) is 0 Å². The minimum atomic E-state index is -0.131. The summed E-state index contributed by atoms with van der Waals surface area (Å²) in [7, 11) is 0. The Labute approximate surface area is 105 Å². The Bertz CT molecular complexity index is 609. The molecule has 3 N–H and O–H groups in total. The molecule has 0 amide bonds. The quantitative estimate of drug-likeness (QED) is 0.795. The molecule has 4 nitrogen and oxygen atoms in total. The number of aliphatic hydroxyl groups is 1. The molecule has 1 aromatic carbocycles. The van der Waals surface area contributed by atoms with E-state index in [1.54, 1.807) is 0 Å². The van der Waals surface area contributed by atoms with Gasteiger partial charge in [0, 0.05) is 17.6 Å². The predicted molar refractivity (Wildman–Crippen MR) is 70.4 cm³/mol. The maximum atomic E-state index is 9.52. The molecule has 2 saturated carbocycles. The van der Waals surface area contributed by atoms with Crippen LogP contribution in [0.4, 0.5) is 5.69 Å². The van der Waals surface area contributed by atoms with Crippen LogP contribution in [0.3, 0.4) is 0 Å². The molecule has 0 radical (unpaired) electrons. The summed E-state index contributed by atoms with van der Waals surface area (Å²) in [6, 6.07) is 6.37. The van der Waals surface area contributed by atoms with Crippen LogP contribution < -0.4 is 5.73 Å². The number of nitrogens with zero attached hydrogens (tertiary/aromatic N) is 2. The molecule has 0 aliphatic heterocycles. The van der Waals surface area contributed by atoms with Crippen molar-refractivity contribution in [2.75, 3.05) is 5.73 Å². The number of anilines is 1. The van der Waals surface area contributed by atoms with E-state index in [1.807, 2.05) is 12.1 Å². The molecule has 4 heteroatoms. The van der Waals surface area contributed by atoms with Crippen LogP contribution in [0.2, 0.25) is 0 Å². The number of nitrogen functional groups attached to an aromatic ring is 1. The van der Waals surface area contributed by atoms with Gasteiger partial charge in [0.2, 0.25) is 0 Å². The molecule has 1 heterocycles.